The van der Waals surface area contributed by atoms with Gasteiger partial charge < -0.3 is 19.3 Å². The molecule has 0 aromatic rings. The van der Waals surface area contributed by atoms with Gasteiger partial charge in [-0.2, -0.15) is 58.9 Å². The third-order valence-electron chi connectivity index (χ3n) is 5.40. The molecule has 0 radical (unpaired) electrons. The molecule has 2 rings (SSSR count). The molecule has 0 aliphatic carbocycles. The van der Waals surface area contributed by atoms with Gasteiger partial charge in [0.1, 0.15) is 36.6 Å². The minimum absolute atomic E-state index is 1.66. The maximum Gasteiger partial charge on any atom is 0.397 e. The Kier molecular flexibility index (Phi) is 14.8. The van der Waals surface area contributed by atoms with E-state index >= 15 is 0 Å². The summed E-state index contributed by atoms with van der Waals surface area (Å²) >= 11 is 0. The van der Waals surface area contributed by atoms with Crippen LogP contribution in [0.3, 0.4) is 0 Å². The maximum absolute atomic E-state index is 11.7. The summed E-state index contributed by atoms with van der Waals surface area (Å²) in [6.07, 6.45) is -30.0. The van der Waals surface area contributed by atoms with Crippen LogP contribution in [0.2, 0.25) is 0 Å². The van der Waals surface area contributed by atoms with Crippen LogP contribution in [0.25, 0.3) is 0 Å². The molecule has 10 atom stereocenters. The van der Waals surface area contributed by atoms with Crippen molar-refractivity contribution in [3.63, 3.8) is 0 Å². The highest BCUT2D eigenvalue weighted by molar-refractivity contribution is 7.82. The molecule has 0 spiro atoms. The van der Waals surface area contributed by atoms with E-state index in [0.717, 1.165) is 0 Å². The fraction of sp³-hybridized carbons (Fsp3) is 1.00. The molecule has 0 aromatic carbocycles. The van der Waals surface area contributed by atoms with Crippen LogP contribution in [0.5, 0.6) is 0 Å². The lowest BCUT2D eigenvalue weighted by molar-refractivity contribution is -0.366. The molecule has 2 saturated heterocycles. The van der Waals surface area contributed by atoms with Crippen molar-refractivity contribution in [2.24, 2.45) is 0 Å². The number of hydrogen-bond acceptors (Lipinski definition) is 25. The van der Waals surface area contributed by atoms with E-state index in [0.29, 0.717) is 0 Å². The van der Waals surface area contributed by atoms with Gasteiger partial charge in [0.05, 0.1) is 13.2 Å². The molecule has 39 heteroatoms. The van der Waals surface area contributed by atoms with Crippen molar-refractivity contribution in [3.8, 4) is 0 Å². The Bertz CT molecular complexity index is 2000. The lowest BCUT2D eigenvalue weighted by atomic mass is 9.98. The van der Waals surface area contributed by atoms with Gasteiger partial charge in [0.25, 0.3) is 0 Å². The quantitative estimate of drug-likeness (QED) is 0.0593. The van der Waals surface area contributed by atoms with Gasteiger partial charge in [-0.05, 0) is 0 Å². The van der Waals surface area contributed by atoms with Gasteiger partial charge in [-0.1, -0.05) is 0 Å². The van der Waals surface area contributed by atoms with Crippen LogP contribution in [0.1, 0.15) is 0 Å². The standard InChI is InChI=1S/C12H22O32S7/c13-5-3(1-35-45(14,15)16)37-11(9(43-50(29,30)31)7(5)41-48(23,24)25)39-12-10(44-51(32,33)34)8(42-49(26,27)28)6(40-47(20,21)22)4(38-12)2-36-46(17,18)19/h3-13H,1-2H2,(H,14,15,16)(H,17,18,19)(H,20,21,22)(H,23,24,25)(H,26,27,28)(H,29,30,31)(H,32,33,34)/t3-,4-,5-,6-,7+,8+,9-,10-,11-,12+/m1/s1. The molecule has 8 N–H and O–H groups in total. The molecular formula is C12H22O32S7. The van der Waals surface area contributed by atoms with Crippen LogP contribution in [0.4, 0.5) is 0 Å². The van der Waals surface area contributed by atoms with Crippen molar-refractivity contribution in [3.05, 3.63) is 0 Å². The van der Waals surface area contributed by atoms with E-state index in [2.05, 4.69) is 29.3 Å². The molecular weight excluding hydrogens is 881 g/mol. The van der Waals surface area contributed by atoms with Gasteiger partial charge in [-0.25, -0.2) is 29.3 Å². The van der Waals surface area contributed by atoms with E-state index in [1.165, 1.54) is 0 Å². The Morgan fingerprint density at radius 3 is 1.06 bits per heavy atom. The first-order valence-corrected chi connectivity index (χ1v) is 21.2. The lowest BCUT2D eigenvalue weighted by Crippen LogP contribution is -2.66. The summed E-state index contributed by atoms with van der Waals surface area (Å²) in [6, 6.07) is 0. The van der Waals surface area contributed by atoms with Crippen LogP contribution in [-0.4, -0.2) is 171 Å². The first kappa shape index (κ1) is 46.1. The average molecular weight is 903 g/mol. The summed E-state index contributed by atoms with van der Waals surface area (Å²) in [5.41, 5.74) is 0. The molecule has 0 unspecified atom stereocenters. The fourth-order valence-corrected chi connectivity index (χ4v) is 7.03. The number of aliphatic hydroxyl groups is 1. The molecule has 304 valence electrons. The minimum atomic E-state index is -6.08. The highest BCUT2D eigenvalue weighted by Crippen LogP contribution is 2.36. The molecule has 2 aliphatic rings. The van der Waals surface area contributed by atoms with Crippen molar-refractivity contribution >= 4 is 72.8 Å². The van der Waals surface area contributed by atoms with Gasteiger partial charge in [-0.15, -0.1) is 0 Å². The minimum Gasteiger partial charge on any atom is -0.387 e. The number of ether oxygens (including phenoxy) is 3. The molecule has 0 aromatic heterocycles. The molecule has 51 heavy (non-hydrogen) atoms. The van der Waals surface area contributed by atoms with E-state index in [-0.39, 0.29) is 0 Å². The largest absolute Gasteiger partial charge is 0.397 e. The summed E-state index contributed by atoms with van der Waals surface area (Å²) in [5, 5.41) is 10.5. The summed E-state index contributed by atoms with van der Waals surface area (Å²) in [4.78, 5) is 0. The molecule has 2 aliphatic heterocycles. The summed E-state index contributed by atoms with van der Waals surface area (Å²) < 4.78 is 268. The SMILES string of the molecule is O=S(=O)(O)OC[C@H]1O[C@H](O[C@@H]2O[C@H](COS(=O)(=O)O)[C@@H](OS(=O)(=O)O)[C@H](OS(=O)(=O)O)[C@H]2OS(=O)(=O)O)[C@H](OS(=O)(=O)O)[C@@H](OS(=O)(=O)O)[C@@H]1O. The normalized spacial score (nSPS) is 32.1. The Morgan fingerprint density at radius 2 is 0.686 bits per heavy atom. The highest BCUT2D eigenvalue weighted by Gasteiger charge is 2.58. The van der Waals surface area contributed by atoms with Crippen LogP contribution in [0, 0.1) is 0 Å². The topological polar surface area (TPSA) is 493 Å². The zero-order valence-electron chi connectivity index (χ0n) is 23.4. The van der Waals surface area contributed by atoms with Gasteiger partial charge in [0.2, 0.25) is 0 Å². The van der Waals surface area contributed by atoms with Crippen molar-refractivity contribution in [2.45, 2.75) is 61.4 Å². The van der Waals surface area contributed by atoms with Gasteiger partial charge in [0.15, 0.2) is 24.8 Å². The second-order valence-corrected chi connectivity index (χ2v) is 16.5. The van der Waals surface area contributed by atoms with E-state index < -0.39 is 147 Å². The molecule has 2 fully saturated rings. The zero-order valence-corrected chi connectivity index (χ0v) is 29.1. The number of hydrogen-bond donors (Lipinski definition) is 8. The molecule has 0 saturated carbocycles. The first-order chi connectivity index (χ1) is 22.5. The van der Waals surface area contributed by atoms with E-state index in [9.17, 15) is 86.8 Å². The maximum atomic E-state index is 11.7. The van der Waals surface area contributed by atoms with Crippen molar-refractivity contribution in [1.82, 2.24) is 0 Å². The summed E-state index contributed by atoms with van der Waals surface area (Å²) in [5.74, 6) is 0. The third kappa shape index (κ3) is 16.9. The summed E-state index contributed by atoms with van der Waals surface area (Å²) in [7, 11) is -41.1. The smallest absolute Gasteiger partial charge is 0.387 e. The lowest BCUT2D eigenvalue weighted by Gasteiger charge is -2.46. The fourth-order valence-electron chi connectivity index (χ4n) is 3.94. The molecule has 0 bridgehead atoms. The predicted molar refractivity (Wildman–Crippen MR) is 142 cm³/mol. The van der Waals surface area contributed by atoms with Gasteiger partial charge in [0, 0.05) is 0 Å². The summed E-state index contributed by atoms with van der Waals surface area (Å²) in [6.45, 7) is -3.50. The van der Waals surface area contributed by atoms with Crippen LogP contribution in [0.15, 0.2) is 0 Å². The Balaban J connectivity index is 2.86. The number of aliphatic hydroxyl groups excluding tert-OH is 1. The third-order valence-corrected chi connectivity index (χ3v) is 8.60. The van der Waals surface area contributed by atoms with E-state index in [4.69, 9.17) is 23.3 Å². The van der Waals surface area contributed by atoms with Crippen LogP contribution in [-0.2, 0) is 116 Å². The molecule has 2 heterocycles. The average Bonchev–Trinajstić information content (AvgIpc) is 2.84. The van der Waals surface area contributed by atoms with Crippen molar-refractivity contribution < 1.29 is 139 Å². The molecule has 0 amide bonds. The first-order valence-electron chi connectivity index (χ1n) is 11.7. The molecule has 32 nitrogen and oxygen atoms in total. The Labute approximate surface area is 286 Å². The Morgan fingerprint density at radius 1 is 0.392 bits per heavy atom. The van der Waals surface area contributed by atoms with E-state index in [1.54, 1.807) is 0 Å². The van der Waals surface area contributed by atoms with Crippen LogP contribution < -0.4 is 0 Å². The number of rotatable bonds is 18. The van der Waals surface area contributed by atoms with Crippen LogP contribution >= 0.6 is 0 Å². The second-order valence-electron chi connectivity index (χ2n) is 9.08. The highest BCUT2D eigenvalue weighted by atomic mass is 32.3. The predicted octanol–water partition coefficient (Wildman–Crippen LogP) is -6.61. The van der Waals surface area contributed by atoms with E-state index in [1.807, 2.05) is 0 Å². The zero-order chi connectivity index (χ0) is 39.8. The van der Waals surface area contributed by atoms with Gasteiger partial charge >= 0.3 is 72.8 Å². The Hall–Kier alpha value is -1.07. The van der Waals surface area contributed by atoms with Crippen molar-refractivity contribution in [1.29, 1.82) is 0 Å². The van der Waals surface area contributed by atoms with Gasteiger partial charge in [-0.3, -0.25) is 31.9 Å². The second kappa shape index (κ2) is 16.3. The van der Waals surface area contributed by atoms with Crippen molar-refractivity contribution in [2.75, 3.05) is 13.2 Å². The monoisotopic (exact) mass is 902 g/mol.